The highest BCUT2D eigenvalue weighted by molar-refractivity contribution is 5.79. The van der Waals surface area contributed by atoms with E-state index in [4.69, 9.17) is 9.47 Å². The quantitative estimate of drug-likeness (QED) is 0.531. The van der Waals surface area contributed by atoms with Crippen LogP contribution in [0, 0.1) is 0 Å². The molecule has 2 atom stereocenters. The first kappa shape index (κ1) is 23.9. The van der Waals surface area contributed by atoms with Crippen LogP contribution in [0.25, 0.3) is 11.1 Å². The molecule has 37 heavy (non-hydrogen) atoms. The number of aliphatic hydroxyl groups is 1. The lowest BCUT2D eigenvalue weighted by Gasteiger charge is -2.50. The van der Waals surface area contributed by atoms with Crippen molar-refractivity contribution >= 4 is 6.09 Å². The van der Waals surface area contributed by atoms with E-state index in [0.29, 0.717) is 0 Å². The number of hydrogen-bond acceptors (Lipinski definition) is 5. The van der Waals surface area contributed by atoms with Crippen molar-refractivity contribution in [3.05, 3.63) is 89.2 Å². The molecule has 0 radical (unpaired) electrons. The van der Waals surface area contributed by atoms with Gasteiger partial charge >= 0.3 is 12.3 Å². The van der Waals surface area contributed by atoms with E-state index in [2.05, 4.69) is 17.1 Å². The van der Waals surface area contributed by atoms with Crippen molar-refractivity contribution in [2.75, 3.05) is 19.8 Å². The average molecular weight is 511 g/mol. The Bertz CT molecular complexity index is 1290. The molecule has 1 aliphatic carbocycles. The van der Waals surface area contributed by atoms with Gasteiger partial charge in [-0.3, -0.25) is 9.88 Å². The van der Waals surface area contributed by atoms with Gasteiger partial charge in [-0.25, -0.2) is 4.79 Å². The number of benzene rings is 2. The third kappa shape index (κ3) is 4.16. The van der Waals surface area contributed by atoms with E-state index in [-0.39, 0.29) is 44.3 Å². The molecular weight excluding hydrogens is 485 g/mol. The van der Waals surface area contributed by atoms with Gasteiger partial charge in [-0.05, 0) is 34.4 Å². The van der Waals surface area contributed by atoms with E-state index in [1.54, 1.807) is 4.90 Å². The SMILES string of the molecule is O=C(OCC1c2ccccc2-c2ccccc21)N1C2COCC1CC(O)(c1cc(C(F)(F)F)ccn1)C2. The Morgan fingerprint density at radius 2 is 1.62 bits per heavy atom. The third-order valence-electron chi connectivity index (χ3n) is 7.66. The summed E-state index contributed by atoms with van der Waals surface area (Å²) >= 11 is 0. The summed E-state index contributed by atoms with van der Waals surface area (Å²) < 4.78 is 51.2. The Morgan fingerprint density at radius 3 is 2.22 bits per heavy atom. The van der Waals surface area contributed by atoms with E-state index >= 15 is 0 Å². The molecule has 0 saturated carbocycles. The van der Waals surface area contributed by atoms with Crippen molar-refractivity contribution < 1.29 is 32.5 Å². The number of aromatic nitrogens is 1. The van der Waals surface area contributed by atoms with Crippen LogP contribution in [0.1, 0.15) is 41.1 Å². The van der Waals surface area contributed by atoms with E-state index < -0.39 is 35.5 Å². The number of halogens is 3. The van der Waals surface area contributed by atoms with Gasteiger partial charge in [0.15, 0.2) is 0 Å². The third-order valence-corrected chi connectivity index (χ3v) is 7.66. The van der Waals surface area contributed by atoms with Crippen molar-refractivity contribution in [1.29, 1.82) is 0 Å². The van der Waals surface area contributed by atoms with Gasteiger partial charge in [0, 0.05) is 25.0 Å². The van der Waals surface area contributed by atoms with E-state index in [9.17, 15) is 23.1 Å². The molecule has 0 spiro atoms. The van der Waals surface area contributed by atoms with Crippen LogP contribution in [0.3, 0.4) is 0 Å². The monoisotopic (exact) mass is 510 g/mol. The standard InChI is InChI=1S/C28H25F3N2O4/c29-28(30,31)17-9-10-32-25(11-17)27(35)12-18-14-36-15-19(13-27)33(18)26(34)37-16-24-22-7-3-1-5-20(22)21-6-2-4-8-23(21)24/h1-11,18-19,24,35H,12-16H2. The first-order valence-electron chi connectivity index (χ1n) is 12.2. The molecule has 6 nitrogen and oxygen atoms in total. The zero-order chi connectivity index (χ0) is 25.8. The van der Waals surface area contributed by atoms with Crippen LogP contribution in [0.4, 0.5) is 18.0 Å². The van der Waals surface area contributed by atoms with E-state index in [0.717, 1.165) is 40.6 Å². The number of amides is 1. The summed E-state index contributed by atoms with van der Waals surface area (Å²) in [6, 6.07) is 16.8. The van der Waals surface area contributed by atoms with Gasteiger partial charge in [-0.15, -0.1) is 0 Å². The van der Waals surface area contributed by atoms with Gasteiger partial charge in [0.1, 0.15) is 12.2 Å². The molecule has 3 aliphatic rings. The smallest absolute Gasteiger partial charge is 0.416 e. The largest absolute Gasteiger partial charge is 0.448 e. The fraction of sp³-hybridized carbons (Fsp3) is 0.357. The molecule has 192 valence electrons. The summed E-state index contributed by atoms with van der Waals surface area (Å²) in [6.45, 7) is 0.465. The number of pyridine rings is 1. The van der Waals surface area contributed by atoms with Crippen LogP contribution in [0.15, 0.2) is 66.9 Å². The number of hydrogen-bond donors (Lipinski definition) is 1. The summed E-state index contributed by atoms with van der Waals surface area (Å²) in [7, 11) is 0. The molecule has 9 heteroatoms. The minimum Gasteiger partial charge on any atom is -0.448 e. The van der Waals surface area contributed by atoms with Crippen molar-refractivity contribution in [1.82, 2.24) is 9.88 Å². The van der Waals surface area contributed by atoms with Gasteiger partial charge in [-0.1, -0.05) is 48.5 Å². The molecule has 3 aromatic rings. The highest BCUT2D eigenvalue weighted by atomic mass is 19.4. The molecule has 2 bridgehead atoms. The molecule has 2 saturated heterocycles. The number of fused-ring (bicyclic) bond motifs is 5. The normalized spacial score (nSPS) is 24.9. The fourth-order valence-electron chi connectivity index (χ4n) is 6.01. The Morgan fingerprint density at radius 1 is 1.03 bits per heavy atom. The van der Waals surface area contributed by atoms with Crippen LogP contribution in [0.2, 0.25) is 0 Å². The van der Waals surface area contributed by atoms with Gasteiger partial charge in [0.2, 0.25) is 0 Å². The molecule has 2 fully saturated rings. The Hall–Kier alpha value is -3.43. The second-order valence-corrected chi connectivity index (χ2v) is 9.92. The molecule has 1 aromatic heterocycles. The highest BCUT2D eigenvalue weighted by Crippen LogP contribution is 2.45. The van der Waals surface area contributed by atoms with Gasteiger partial charge in [0.05, 0.1) is 36.6 Å². The lowest BCUT2D eigenvalue weighted by atomic mass is 9.79. The van der Waals surface area contributed by atoms with Gasteiger partial charge in [-0.2, -0.15) is 13.2 Å². The minimum absolute atomic E-state index is 0.00199. The van der Waals surface area contributed by atoms with Gasteiger partial charge in [0.25, 0.3) is 0 Å². The van der Waals surface area contributed by atoms with Crippen molar-refractivity contribution in [3.8, 4) is 11.1 Å². The van der Waals surface area contributed by atoms with Gasteiger partial charge < -0.3 is 14.6 Å². The number of alkyl halides is 3. The van der Waals surface area contributed by atoms with Crippen LogP contribution >= 0.6 is 0 Å². The van der Waals surface area contributed by atoms with E-state index in [1.165, 1.54) is 0 Å². The zero-order valence-corrected chi connectivity index (χ0v) is 19.8. The average Bonchev–Trinajstić information content (AvgIpc) is 3.20. The van der Waals surface area contributed by atoms with Crippen LogP contribution < -0.4 is 0 Å². The Labute approximate surface area is 211 Å². The lowest BCUT2D eigenvalue weighted by Crippen LogP contribution is -2.62. The Balaban J connectivity index is 1.20. The summed E-state index contributed by atoms with van der Waals surface area (Å²) in [5.41, 5.74) is 1.92. The molecule has 2 aromatic carbocycles. The minimum atomic E-state index is -4.55. The molecular formula is C28H25F3N2O4. The maximum atomic E-state index is 13.3. The molecule has 2 aliphatic heterocycles. The first-order chi connectivity index (χ1) is 17.7. The number of piperidine rings is 1. The summed E-state index contributed by atoms with van der Waals surface area (Å²) in [4.78, 5) is 19.0. The number of rotatable bonds is 3. The van der Waals surface area contributed by atoms with Crippen LogP contribution in [-0.4, -0.2) is 53.0 Å². The zero-order valence-electron chi connectivity index (χ0n) is 19.8. The summed E-state index contributed by atoms with van der Waals surface area (Å²) in [5.74, 6) is -0.0940. The molecule has 1 amide bonds. The second kappa shape index (κ2) is 8.85. The molecule has 6 rings (SSSR count). The number of ether oxygens (including phenoxy) is 2. The maximum Gasteiger partial charge on any atom is 0.416 e. The topological polar surface area (TPSA) is 71.9 Å². The molecule has 1 N–H and O–H groups in total. The van der Waals surface area contributed by atoms with Crippen molar-refractivity contribution in [2.24, 2.45) is 0 Å². The van der Waals surface area contributed by atoms with E-state index in [1.807, 2.05) is 36.4 Å². The maximum absolute atomic E-state index is 13.3. The number of carbonyl (C=O) groups is 1. The number of carbonyl (C=O) groups excluding carboxylic acids is 1. The summed E-state index contributed by atoms with van der Waals surface area (Å²) in [5, 5.41) is 11.4. The first-order valence-corrected chi connectivity index (χ1v) is 12.2. The second-order valence-electron chi connectivity index (χ2n) is 9.92. The molecule has 3 heterocycles. The predicted molar refractivity (Wildman–Crippen MR) is 128 cm³/mol. The van der Waals surface area contributed by atoms with Crippen LogP contribution in [-0.2, 0) is 21.3 Å². The number of morpholine rings is 1. The Kier molecular flexibility index (Phi) is 5.72. The summed E-state index contributed by atoms with van der Waals surface area (Å²) in [6.07, 6.45) is -4.00. The van der Waals surface area contributed by atoms with Crippen LogP contribution in [0.5, 0.6) is 0 Å². The van der Waals surface area contributed by atoms with Crippen molar-refractivity contribution in [3.63, 3.8) is 0 Å². The molecule has 2 unspecified atom stereocenters. The van der Waals surface area contributed by atoms with Crippen molar-refractivity contribution in [2.45, 2.75) is 42.6 Å². The predicted octanol–water partition coefficient (Wildman–Crippen LogP) is 5.10. The lowest BCUT2D eigenvalue weighted by molar-refractivity contribution is -0.141. The highest BCUT2D eigenvalue weighted by Gasteiger charge is 2.50. The number of nitrogens with zero attached hydrogens (tertiary/aromatic N) is 2. The fourth-order valence-corrected chi connectivity index (χ4v) is 6.01.